The highest BCUT2D eigenvalue weighted by molar-refractivity contribution is 7.99. The van der Waals surface area contributed by atoms with Crippen molar-refractivity contribution < 1.29 is 13.9 Å². The van der Waals surface area contributed by atoms with Crippen molar-refractivity contribution in [1.29, 1.82) is 0 Å². The molecule has 0 atom stereocenters. The Balaban J connectivity index is 1.96. The number of thioether (sulfide) groups is 1. The molecule has 2 heterocycles. The van der Waals surface area contributed by atoms with Crippen molar-refractivity contribution in [1.82, 2.24) is 14.1 Å². The lowest BCUT2D eigenvalue weighted by atomic mass is 10.1. The van der Waals surface area contributed by atoms with Crippen LogP contribution in [0.1, 0.15) is 18.1 Å². The normalized spacial score (nSPS) is 11.2. The average Bonchev–Trinajstić information content (AvgIpc) is 3.11. The Hall–Kier alpha value is -2.82. The van der Waals surface area contributed by atoms with E-state index >= 15 is 0 Å². The number of carbonyl (C=O) groups excluding carboxylic acids is 1. The number of aromatic nitrogens is 3. The van der Waals surface area contributed by atoms with E-state index in [1.54, 1.807) is 11.5 Å². The summed E-state index contributed by atoms with van der Waals surface area (Å²) in [6.45, 7) is 6.01. The second-order valence-corrected chi connectivity index (χ2v) is 9.82. The van der Waals surface area contributed by atoms with Crippen molar-refractivity contribution in [2.75, 3.05) is 12.4 Å². The molecule has 0 aliphatic rings. The Labute approximate surface area is 202 Å². The number of hydrogen-bond donors (Lipinski definition) is 0. The van der Waals surface area contributed by atoms with Crippen molar-refractivity contribution >= 4 is 51.6 Å². The molecule has 10 heteroatoms. The van der Waals surface area contributed by atoms with Crippen LogP contribution in [0.2, 0.25) is 0 Å². The molecule has 0 radical (unpaired) electrons. The van der Waals surface area contributed by atoms with Gasteiger partial charge in [0.25, 0.3) is 5.56 Å². The van der Waals surface area contributed by atoms with E-state index in [0.29, 0.717) is 20.0 Å². The van der Waals surface area contributed by atoms with Crippen LogP contribution >= 0.6 is 35.3 Å². The number of carbonyl (C=O) groups is 1. The largest absolute Gasteiger partial charge is 0.465 e. The molecule has 6 nitrogen and oxygen atoms in total. The third kappa shape index (κ3) is 4.64. The number of esters is 1. The first-order valence-corrected chi connectivity index (χ1v) is 12.3. The van der Waals surface area contributed by atoms with E-state index in [0.717, 1.165) is 28.6 Å². The number of aryl methyl sites for hydroxylation is 2. The Morgan fingerprint density at radius 3 is 2.48 bits per heavy atom. The Morgan fingerprint density at radius 1 is 1.12 bits per heavy atom. The summed E-state index contributed by atoms with van der Waals surface area (Å²) in [6, 6.07) is 11.5. The SMILES string of the molecule is CCOC(=O)CSc1nc2c(sc(=S)n2-c2ccc(C)c(C)c2)c(=O)n1-c1ccc(F)cc1. The van der Waals surface area contributed by atoms with E-state index in [9.17, 15) is 14.0 Å². The molecule has 4 aromatic rings. The fourth-order valence-corrected chi connectivity index (χ4v) is 5.37. The summed E-state index contributed by atoms with van der Waals surface area (Å²) >= 11 is 7.85. The van der Waals surface area contributed by atoms with Gasteiger partial charge in [0.05, 0.1) is 18.0 Å². The van der Waals surface area contributed by atoms with Gasteiger partial charge < -0.3 is 4.74 Å². The number of nitrogens with zero attached hydrogens (tertiary/aromatic N) is 3. The zero-order valence-corrected chi connectivity index (χ0v) is 20.6. The monoisotopic (exact) mass is 501 g/mol. The topological polar surface area (TPSA) is 66.1 Å². The van der Waals surface area contributed by atoms with Gasteiger partial charge in [0.15, 0.2) is 14.8 Å². The van der Waals surface area contributed by atoms with Crippen molar-refractivity contribution in [3.8, 4) is 11.4 Å². The van der Waals surface area contributed by atoms with Crippen LogP contribution in [0.5, 0.6) is 0 Å². The van der Waals surface area contributed by atoms with E-state index in [4.69, 9.17) is 21.9 Å². The van der Waals surface area contributed by atoms with Gasteiger partial charge in [-0.15, -0.1) is 0 Å². The summed E-state index contributed by atoms with van der Waals surface area (Å²) in [5.41, 5.74) is 3.56. The minimum absolute atomic E-state index is 0.0263. The lowest BCUT2D eigenvalue weighted by Gasteiger charge is -2.13. The lowest BCUT2D eigenvalue weighted by molar-refractivity contribution is -0.139. The van der Waals surface area contributed by atoms with Gasteiger partial charge in [0.2, 0.25) is 0 Å². The fourth-order valence-electron chi connectivity index (χ4n) is 3.27. The Kier molecular flexibility index (Phi) is 6.78. The molecule has 170 valence electrons. The number of ether oxygens (including phenoxy) is 1. The van der Waals surface area contributed by atoms with E-state index in [2.05, 4.69) is 0 Å². The van der Waals surface area contributed by atoms with Crippen molar-refractivity contribution in [2.45, 2.75) is 25.9 Å². The molecule has 2 aromatic carbocycles. The fraction of sp³-hybridized carbons (Fsp3) is 0.217. The highest BCUT2D eigenvalue weighted by Gasteiger charge is 2.20. The van der Waals surface area contributed by atoms with Crippen molar-refractivity contribution in [3.05, 3.63) is 73.7 Å². The van der Waals surface area contributed by atoms with Crippen LogP contribution in [-0.4, -0.2) is 32.4 Å². The van der Waals surface area contributed by atoms with Crippen molar-refractivity contribution in [2.24, 2.45) is 0 Å². The summed E-state index contributed by atoms with van der Waals surface area (Å²) < 4.78 is 22.5. The van der Waals surface area contributed by atoms with Gasteiger partial charge in [-0.1, -0.05) is 29.2 Å². The summed E-state index contributed by atoms with van der Waals surface area (Å²) in [6.07, 6.45) is 0. The van der Waals surface area contributed by atoms with E-state index in [1.807, 2.05) is 32.0 Å². The zero-order chi connectivity index (χ0) is 23.7. The first-order valence-electron chi connectivity index (χ1n) is 10.1. The van der Waals surface area contributed by atoms with Crippen molar-refractivity contribution in [3.63, 3.8) is 0 Å². The highest BCUT2D eigenvalue weighted by Crippen LogP contribution is 2.28. The highest BCUT2D eigenvalue weighted by atomic mass is 32.2. The summed E-state index contributed by atoms with van der Waals surface area (Å²) in [5.74, 6) is -0.862. The molecule has 0 amide bonds. The van der Waals surface area contributed by atoms with Crippen LogP contribution in [0, 0.1) is 23.6 Å². The molecular formula is C23H20FN3O3S3. The summed E-state index contributed by atoms with van der Waals surface area (Å²) in [5, 5.41) is 0.289. The molecule has 2 aromatic heterocycles. The van der Waals surface area contributed by atoms with E-state index in [1.165, 1.54) is 40.2 Å². The van der Waals surface area contributed by atoms with Gasteiger partial charge in [-0.2, -0.15) is 0 Å². The number of fused-ring (bicyclic) bond motifs is 1. The number of hydrogen-bond acceptors (Lipinski definition) is 7. The predicted molar refractivity (Wildman–Crippen MR) is 132 cm³/mol. The third-order valence-electron chi connectivity index (χ3n) is 5.03. The molecule has 4 rings (SSSR count). The van der Waals surface area contributed by atoms with Gasteiger partial charge in [0, 0.05) is 5.69 Å². The lowest BCUT2D eigenvalue weighted by Crippen LogP contribution is -2.22. The quantitative estimate of drug-likeness (QED) is 0.153. The third-order valence-corrected chi connectivity index (χ3v) is 7.30. The van der Waals surface area contributed by atoms with Gasteiger partial charge in [-0.3, -0.25) is 18.7 Å². The van der Waals surface area contributed by atoms with Crippen LogP contribution in [0.3, 0.4) is 0 Å². The minimum atomic E-state index is -0.418. The molecule has 0 unspecified atom stereocenters. The number of rotatable bonds is 6. The zero-order valence-electron chi connectivity index (χ0n) is 18.1. The minimum Gasteiger partial charge on any atom is -0.465 e. The second-order valence-electron chi connectivity index (χ2n) is 7.23. The second kappa shape index (κ2) is 9.58. The molecule has 0 aliphatic heterocycles. The summed E-state index contributed by atoms with van der Waals surface area (Å²) in [4.78, 5) is 30.3. The van der Waals surface area contributed by atoms with Crippen LogP contribution < -0.4 is 5.56 Å². The van der Waals surface area contributed by atoms with Gasteiger partial charge in [-0.25, -0.2) is 9.37 Å². The first-order chi connectivity index (χ1) is 15.8. The maximum absolute atomic E-state index is 13.6. The Morgan fingerprint density at radius 2 is 1.82 bits per heavy atom. The first kappa shape index (κ1) is 23.3. The van der Waals surface area contributed by atoms with Crippen LogP contribution in [0.4, 0.5) is 4.39 Å². The Bertz CT molecular complexity index is 1470. The van der Waals surface area contributed by atoms with Gasteiger partial charge in [-0.05, 0) is 80.5 Å². The number of halogens is 1. The molecule has 0 saturated carbocycles. The van der Waals surface area contributed by atoms with Crippen LogP contribution in [0.25, 0.3) is 21.7 Å². The number of thiazole rings is 1. The standard InChI is InChI=1S/C23H20FN3O3S3/c1-4-30-18(28)12-32-22-25-20-19(21(29)27(22)16-9-6-15(24)7-10-16)33-23(31)26(20)17-8-5-13(2)14(3)11-17/h5-11H,4,12H2,1-3H3. The smallest absolute Gasteiger partial charge is 0.316 e. The molecule has 0 aliphatic carbocycles. The van der Waals surface area contributed by atoms with E-state index in [-0.39, 0.29) is 23.1 Å². The number of benzene rings is 2. The molecule has 0 bridgehead atoms. The maximum atomic E-state index is 13.6. The molecule has 0 spiro atoms. The van der Waals surface area contributed by atoms with Gasteiger partial charge in [0.1, 0.15) is 10.5 Å². The van der Waals surface area contributed by atoms with Crippen LogP contribution in [0.15, 0.2) is 52.4 Å². The maximum Gasteiger partial charge on any atom is 0.316 e. The van der Waals surface area contributed by atoms with Gasteiger partial charge >= 0.3 is 5.97 Å². The molecule has 33 heavy (non-hydrogen) atoms. The van der Waals surface area contributed by atoms with Crippen LogP contribution in [-0.2, 0) is 9.53 Å². The van der Waals surface area contributed by atoms with E-state index < -0.39 is 11.8 Å². The average molecular weight is 502 g/mol. The molecule has 0 saturated heterocycles. The molecule has 0 fully saturated rings. The predicted octanol–water partition coefficient (Wildman–Crippen LogP) is 5.38. The summed E-state index contributed by atoms with van der Waals surface area (Å²) in [7, 11) is 0. The molecular weight excluding hydrogens is 481 g/mol. The molecule has 0 N–H and O–H groups in total.